The highest BCUT2D eigenvalue weighted by atomic mass is 15.4. The van der Waals surface area contributed by atoms with Crippen LogP contribution in [-0.4, -0.2) is 34.2 Å². The molecule has 0 amide bonds. The molecule has 1 unspecified atom stereocenters. The summed E-state index contributed by atoms with van der Waals surface area (Å²) in [5.74, 6) is 1.35. The van der Waals surface area contributed by atoms with E-state index in [0.717, 1.165) is 18.6 Å². The van der Waals surface area contributed by atoms with E-state index >= 15 is 0 Å². The largest absolute Gasteiger partial charge is 0.356 e. The van der Waals surface area contributed by atoms with E-state index in [1.807, 2.05) is 0 Å². The van der Waals surface area contributed by atoms with Gasteiger partial charge >= 0.3 is 0 Å². The number of hydrogen-bond acceptors (Lipinski definition) is 4. The molecule has 2 aromatic rings. The summed E-state index contributed by atoms with van der Waals surface area (Å²) in [6, 6.07) is 2.63. The van der Waals surface area contributed by atoms with E-state index in [4.69, 9.17) is 10.1 Å². The summed E-state index contributed by atoms with van der Waals surface area (Å²) in [6.45, 7) is 3.45. The van der Waals surface area contributed by atoms with Gasteiger partial charge in [-0.2, -0.15) is 9.61 Å². The van der Waals surface area contributed by atoms with Crippen molar-refractivity contribution in [2.24, 2.45) is 0 Å². The zero-order chi connectivity index (χ0) is 15.2. The number of hydrogen-bond donors (Lipinski definition) is 1. The molecular formula is C18H25N5. The Balaban J connectivity index is 1.64. The van der Waals surface area contributed by atoms with Gasteiger partial charge in [-0.1, -0.05) is 6.42 Å². The highest BCUT2D eigenvalue weighted by molar-refractivity contribution is 5.59. The summed E-state index contributed by atoms with van der Waals surface area (Å²) in [7, 11) is 0. The average molecular weight is 311 g/mol. The van der Waals surface area contributed by atoms with Crippen LogP contribution < -0.4 is 10.2 Å². The maximum absolute atomic E-state index is 5.01. The second-order valence-electron chi connectivity index (χ2n) is 7.25. The number of aromatic nitrogens is 3. The van der Waals surface area contributed by atoms with Crippen LogP contribution in [0.1, 0.15) is 61.5 Å². The number of piperidine rings is 1. The van der Waals surface area contributed by atoms with Crippen LogP contribution in [0.3, 0.4) is 0 Å². The third-order valence-electron chi connectivity index (χ3n) is 5.69. The summed E-state index contributed by atoms with van der Waals surface area (Å²) in [5, 5.41) is 8.63. The molecule has 0 spiro atoms. The van der Waals surface area contributed by atoms with Gasteiger partial charge in [0.2, 0.25) is 0 Å². The van der Waals surface area contributed by atoms with Crippen molar-refractivity contribution < 1.29 is 0 Å². The maximum Gasteiger partial charge on any atom is 0.157 e. The van der Waals surface area contributed by atoms with Gasteiger partial charge in [0.05, 0.1) is 11.7 Å². The van der Waals surface area contributed by atoms with Crippen molar-refractivity contribution >= 4 is 11.5 Å². The number of nitrogens with one attached hydrogen (secondary N) is 1. The molecule has 1 aliphatic carbocycles. The molecule has 1 atom stereocenters. The predicted molar refractivity (Wildman–Crippen MR) is 91.1 cm³/mol. The van der Waals surface area contributed by atoms with Crippen molar-refractivity contribution in [1.29, 1.82) is 0 Å². The molecule has 5 rings (SSSR count). The van der Waals surface area contributed by atoms with Crippen LogP contribution in [0.15, 0.2) is 6.07 Å². The second-order valence-corrected chi connectivity index (χ2v) is 7.25. The van der Waals surface area contributed by atoms with Crippen LogP contribution in [0, 0.1) is 0 Å². The lowest BCUT2D eigenvalue weighted by Crippen LogP contribution is -2.27. The number of anilines is 1. The third kappa shape index (κ3) is 2.24. The van der Waals surface area contributed by atoms with Crippen molar-refractivity contribution in [2.75, 3.05) is 24.5 Å². The molecule has 2 aliphatic heterocycles. The van der Waals surface area contributed by atoms with Crippen LogP contribution in [0.25, 0.3) is 5.65 Å². The van der Waals surface area contributed by atoms with E-state index in [-0.39, 0.29) is 0 Å². The van der Waals surface area contributed by atoms with Gasteiger partial charge in [0, 0.05) is 30.4 Å². The van der Waals surface area contributed by atoms with Crippen LogP contribution in [0.2, 0.25) is 0 Å². The van der Waals surface area contributed by atoms with Crippen LogP contribution in [0.5, 0.6) is 0 Å². The van der Waals surface area contributed by atoms with Gasteiger partial charge in [-0.15, -0.1) is 0 Å². The van der Waals surface area contributed by atoms with Gasteiger partial charge in [-0.05, 0) is 51.5 Å². The first-order valence-electron chi connectivity index (χ1n) is 9.30. The smallest absolute Gasteiger partial charge is 0.157 e. The standard InChI is InChI=1S/C18H25N5/c1-2-9-19-15(7-1)16-12-17-20-14-8-5-6-13(14)18(23(17)21-16)22-10-3-4-11-22/h12,15,19H,1-11H2. The molecule has 0 saturated carbocycles. The summed E-state index contributed by atoms with van der Waals surface area (Å²) in [5.41, 5.74) is 5.02. The Kier molecular flexibility index (Phi) is 3.28. The Labute approximate surface area is 137 Å². The molecule has 2 saturated heterocycles. The first kappa shape index (κ1) is 13.8. The topological polar surface area (TPSA) is 45.5 Å². The first-order chi connectivity index (χ1) is 11.4. The predicted octanol–water partition coefficient (Wildman–Crippen LogP) is 2.63. The molecular weight excluding hydrogens is 286 g/mol. The molecule has 4 heterocycles. The molecule has 0 aromatic carbocycles. The molecule has 2 fully saturated rings. The van der Waals surface area contributed by atoms with Gasteiger partial charge in [-0.25, -0.2) is 4.98 Å². The van der Waals surface area contributed by atoms with Crippen molar-refractivity contribution in [1.82, 2.24) is 19.9 Å². The molecule has 2 aromatic heterocycles. The number of aryl methyl sites for hydroxylation is 1. The van der Waals surface area contributed by atoms with Gasteiger partial charge < -0.3 is 10.2 Å². The van der Waals surface area contributed by atoms with Crippen molar-refractivity contribution in [3.63, 3.8) is 0 Å². The minimum atomic E-state index is 0.409. The minimum absolute atomic E-state index is 0.409. The Morgan fingerprint density at radius 1 is 1.04 bits per heavy atom. The maximum atomic E-state index is 5.01. The molecule has 0 bridgehead atoms. The fraction of sp³-hybridized carbons (Fsp3) is 0.667. The lowest BCUT2D eigenvalue weighted by molar-refractivity contribution is 0.404. The van der Waals surface area contributed by atoms with Crippen LogP contribution >= 0.6 is 0 Å². The molecule has 1 N–H and O–H groups in total. The highest BCUT2D eigenvalue weighted by Crippen LogP contribution is 2.34. The summed E-state index contributed by atoms with van der Waals surface area (Å²) in [6.07, 6.45) is 9.93. The molecule has 23 heavy (non-hydrogen) atoms. The fourth-order valence-electron chi connectivity index (χ4n) is 4.51. The third-order valence-corrected chi connectivity index (χ3v) is 5.69. The monoisotopic (exact) mass is 311 g/mol. The van der Waals surface area contributed by atoms with Crippen LogP contribution in [-0.2, 0) is 12.8 Å². The molecule has 3 aliphatic rings. The summed E-state index contributed by atoms with van der Waals surface area (Å²) >= 11 is 0. The summed E-state index contributed by atoms with van der Waals surface area (Å²) in [4.78, 5) is 7.49. The van der Waals surface area contributed by atoms with E-state index in [0.29, 0.717) is 6.04 Å². The van der Waals surface area contributed by atoms with Gasteiger partial charge in [0.25, 0.3) is 0 Å². The number of nitrogens with zero attached hydrogens (tertiary/aromatic N) is 4. The van der Waals surface area contributed by atoms with E-state index < -0.39 is 0 Å². The van der Waals surface area contributed by atoms with Crippen molar-refractivity contribution in [2.45, 2.75) is 57.4 Å². The molecule has 122 valence electrons. The van der Waals surface area contributed by atoms with Crippen LogP contribution in [0.4, 0.5) is 5.82 Å². The Morgan fingerprint density at radius 3 is 2.78 bits per heavy atom. The van der Waals surface area contributed by atoms with E-state index in [2.05, 4.69) is 20.8 Å². The summed E-state index contributed by atoms with van der Waals surface area (Å²) < 4.78 is 2.15. The zero-order valence-electron chi connectivity index (χ0n) is 13.7. The fourth-order valence-corrected chi connectivity index (χ4v) is 4.51. The zero-order valence-corrected chi connectivity index (χ0v) is 13.7. The Hall–Kier alpha value is -1.62. The van der Waals surface area contributed by atoms with E-state index in [1.54, 1.807) is 0 Å². The lowest BCUT2D eigenvalue weighted by atomic mass is 10.0. The molecule has 0 radical (unpaired) electrons. The average Bonchev–Trinajstić information content (AvgIpc) is 3.33. The SMILES string of the molecule is c1c(C2CCCCN2)nn2c(N3CCCC3)c3c(nc12)CCC3. The normalized spacial score (nSPS) is 24.5. The lowest BCUT2D eigenvalue weighted by Gasteiger charge is -2.22. The molecule has 5 heteroatoms. The highest BCUT2D eigenvalue weighted by Gasteiger charge is 2.27. The first-order valence-corrected chi connectivity index (χ1v) is 9.30. The van der Waals surface area contributed by atoms with E-state index in [1.165, 1.54) is 80.8 Å². The Bertz CT molecular complexity index is 723. The van der Waals surface area contributed by atoms with E-state index in [9.17, 15) is 0 Å². The van der Waals surface area contributed by atoms with Gasteiger partial charge in [-0.3, -0.25) is 0 Å². The molecule has 5 nitrogen and oxygen atoms in total. The Morgan fingerprint density at radius 2 is 1.96 bits per heavy atom. The number of rotatable bonds is 2. The number of fused-ring (bicyclic) bond motifs is 2. The van der Waals surface area contributed by atoms with Crippen molar-refractivity contribution in [3.8, 4) is 0 Å². The van der Waals surface area contributed by atoms with Gasteiger partial charge in [0.1, 0.15) is 5.82 Å². The van der Waals surface area contributed by atoms with Gasteiger partial charge in [0.15, 0.2) is 5.65 Å². The minimum Gasteiger partial charge on any atom is -0.356 e. The van der Waals surface area contributed by atoms with Crippen molar-refractivity contribution in [3.05, 3.63) is 23.0 Å². The second kappa shape index (κ2) is 5.48. The quantitative estimate of drug-likeness (QED) is 0.926.